The Morgan fingerprint density at radius 2 is 1.86 bits per heavy atom. The van der Waals surface area contributed by atoms with Gasteiger partial charge in [-0.15, -0.1) is 11.3 Å². The molecule has 0 saturated carbocycles. The van der Waals surface area contributed by atoms with Gasteiger partial charge in [0.05, 0.1) is 10.7 Å². The zero-order valence-corrected chi connectivity index (χ0v) is 14.4. The molecule has 0 aliphatic carbocycles. The average molecular weight is 303 g/mol. The first-order chi connectivity index (χ1) is 9.85. The summed E-state index contributed by atoms with van der Waals surface area (Å²) in [6.07, 6.45) is 4.57. The molecule has 0 aliphatic rings. The number of hydrogen-bond donors (Lipinski definition) is 1. The third-order valence-electron chi connectivity index (χ3n) is 3.20. The van der Waals surface area contributed by atoms with E-state index >= 15 is 0 Å². The minimum absolute atomic E-state index is 0.128. The Hall–Kier alpha value is -1.26. The van der Waals surface area contributed by atoms with Crippen LogP contribution in [0.25, 0.3) is 0 Å². The topological polar surface area (TPSA) is 37.8 Å². The van der Waals surface area contributed by atoms with Gasteiger partial charge in [0.1, 0.15) is 0 Å². The molecular weight excluding hydrogens is 278 g/mol. The van der Waals surface area contributed by atoms with E-state index in [4.69, 9.17) is 4.98 Å². The molecule has 0 spiro atoms. The van der Waals surface area contributed by atoms with E-state index in [9.17, 15) is 0 Å². The number of nitrogens with zero attached hydrogens (tertiary/aromatic N) is 2. The molecule has 0 fully saturated rings. The summed E-state index contributed by atoms with van der Waals surface area (Å²) in [6.45, 7) is 11.9. The quantitative estimate of drug-likeness (QED) is 0.902. The Morgan fingerprint density at radius 3 is 2.43 bits per heavy atom. The van der Waals surface area contributed by atoms with Gasteiger partial charge in [0, 0.05) is 35.8 Å². The molecule has 2 rings (SSSR count). The van der Waals surface area contributed by atoms with Crippen LogP contribution in [-0.2, 0) is 13.0 Å². The fourth-order valence-corrected chi connectivity index (χ4v) is 3.29. The van der Waals surface area contributed by atoms with Crippen LogP contribution >= 0.6 is 11.3 Å². The van der Waals surface area contributed by atoms with E-state index in [1.54, 1.807) is 0 Å². The van der Waals surface area contributed by atoms with Crippen LogP contribution in [0.3, 0.4) is 0 Å². The van der Waals surface area contributed by atoms with Gasteiger partial charge in [-0.2, -0.15) is 0 Å². The van der Waals surface area contributed by atoms with E-state index in [-0.39, 0.29) is 5.54 Å². The molecule has 0 saturated heterocycles. The lowest BCUT2D eigenvalue weighted by molar-refractivity contribution is 0.425. The molecule has 0 bridgehead atoms. The molecule has 0 unspecified atom stereocenters. The van der Waals surface area contributed by atoms with E-state index in [2.05, 4.69) is 57.1 Å². The van der Waals surface area contributed by atoms with Gasteiger partial charge in [0.25, 0.3) is 0 Å². The monoisotopic (exact) mass is 303 g/mol. The second-order valence-electron chi connectivity index (χ2n) is 6.71. The highest BCUT2D eigenvalue weighted by Crippen LogP contribution is 2.27. The zero-order chi connectivity index (χ0) is 15.5. The van der Waals surface area contributed by atoms with Gasteiger partial charge in [0.2, 0.25) is 0 Å². The second kappa shape index (κ2) is 6.67. The predicted molar refractivity (Wildman–Crippen MR) is 89.8 cm³/mol. The highest BCUT2D eigenvalue weighted by molar-refractivity contribution is 7.11. The fraction of sp³-hybridized carbons (Fsp3) is 0.529. The van der Waals surface area contributed by atoms with Gasteiger partial charge < -0.3 is 5.32 Å². The van der Waals surface area contributed by atoms with Crippen molar-refractivity contribution in [3.8, 4) is 0 Å². The lowest BCUT2D eigenvalue weighted by Crippen LogP contribution is -2.35. The Labute approximate surface area is 131 Å². The molecule has 2 aromatic heterocycles. The minimum atomic E-state index is 0.128. The van der Waals surface area contributed by atoms with E-state index in [1.807, 2.05) is 23.7 Å². The maximum atomic E-state index is 4.86. The summed E-state index contributed by atoms with van der Waals surface area (Å²) in [4.78, 5) is 10.3. The van der Waals surface area contributed by atoms with Crippen molar-refractivity contribution in [3.63, 3.8) is 0 Å². The van der Waals surface area contributed by atoms with Crippen molar-refractivity contribution in [2.75, 3.05) is 0 Å². The molecule has 0 radical (unpaired) electrons. The van der Waals surface area contributed by atoms with Crippen LogP contribution in [0, 0.1) is 0 Å². The van der Waals surface area contributed by atoms with Crippen LogP contribution in [0.4, 0.5) is 0 Å². The molecule has 2 aromatic rings. The molecule has 3 nitrogen and oxygen atoms in total. The van der Waals surface area contributed by atoms with Crippen molar-refractivity contribution >= 4 is 11.3 Å². The molecule has 1 N–H and O–H groups in total. The van der Waals surface area contributed by atoms with Crippen LogP contribution in [0.1, 0.15) is 61.7 Å². The van der Waals surface area contributed by atoms with Gasteiger partial charge in [0.15, 0.2) is 0 Å². The molecule has 21 heavy (non-hydrogen) atoms. The highest BCUT2D eigenvalue weighted by Gasteiger charge is 2.17. The SMILES string of the molecule is CC(C)c1nc(Cc2ccncc2)sc1CNC(C)(C)C. The van der Waals surface area contributed by atoms with Gasteiger partial charge in [-0.1, -0.05) is 13.8 Å². The standard InChI is InChI=1S/C17H25N3S/c1-12(2)16-14(11-19-17(3,4)5)21-15(20-16)10-13-6-8-18-9-7-13/h6-9,12,19H,10-11H2,1-5H3. The molecule has 0 aromatic carbocycles. The normalized spacial score (nSPS) is 12.1. The Morgan fingerprint density at radius 1 is 1.19 bits per heavy atom. The number of nitrogens with one attached hydrogen (secondary N) is 1. The summed E-state index contributed by atoms with van der Waals surface area (Å²) in [5.74, 6) is 0.462. The predicted octanol–water partition coefficient (Wildman–Crippen LogP) is 4.14. The van der Waals surface area contributed by atoms with Crippen molar-refractivity contribution in [2.24, 2.45) is 0 Å². The molecule has 4 heteroatoms. The maximum absolute atomic E-state index is 4.86. The third kappa shape index (κ3) is 4.90. The first kappa shape index (κ1) is 16.1. The zero-order valence-electron chi connectivity index (χ0n) is 13.6. The molecule has 0 atom stereocenters. The Kier molecular flexibility index (Phi) is 5.12. The van der Waals surface area contributed by atoms with Crippen LogP contribution in [-0.4, -0.2) is 15.5 Å². The maximum Gasteiger partial charge on any atom is 0.0975 e. The van der Waals surface area contributed by atoms with Gasteiger partial charge >= 0.3 is 0 Å². The number of hydrogen-bond acceptors (Lipinski definition) is 4. The number of rotatable bonds is 5. The smallest absolute Gasteiger partial charge is 0.0975 e. The van der Waals surface area contributed by atoms with Gasteiger partial charge in [-0.3, -0.25) is 4.98 Å². The van der Waals surface area contributed by atoms with Crippen molar-refractivity contribution in [1.29, 1.82) is 0 Å². The summed E-state index contributed by atoms with van der Waals surface area (Å²) in [7, 11) is 0. The summed E-state index contributed by atoms with van der Waals surface area (Å²) in [5, 5.41) is 4.76. The van der Waals surface area contributed by atoms with Crippen molar-refractivity contribution in [3.05, 3.63) is 45.7 Å². The van der Waals surface area contributed by atoms with Gasteiger partial charge in [-0.25, -0.2) is 4.98 Å². The molecule has 0 amide bonds. The van der Waals surface area contributed by atoms with Crippen LogP contribution in [0.2, 0.25) is 0 Å². The fourth-order valence-electron chi connectivity index (χ4n) is 2.09. The summed E-state index contributed by atoms with van der Waals surface area (Å²) in [5.41, 5.74) is 2.63. The van der Waals surface area contributed by atoms with E-state index in [1.165, 1.54) is 21.1 Å². The minimum Gasteiger partial charge on any atom is -0.307 e. The van der Waals surface area contributed by atoms with Crippen molar-refractivity contribution in [1.82, 2.24) is 15.3 Å². The number of thiazole rings is 1. The first-order valence-electron chi connectivity index (χ1n) is 7.47. The third-order valence-corrected chi connectivity index (χ3v) is 4.27. The Bertz CT molecular complexity index is 567. The van der Waals surface area contributed by atoms with Crippen LogP contribution < -0.4 is 5.32 Å². The summed E-state index contributed by atoms with van der Waals surface area (Å²) in [6, 6.07) is 4.12. The largest absolute Gasteiger partial charge is 0.307 e. The van der Waals surface area contributed by atoms with E-state index in [0.29, 0.717) is 5.92 Å². The molecule has 114 valence electrons. The molecule has 2 heterocycles. The molecular formula is C17H25N3S. The average Bonchev–Trinajstić information content (AvgIpc) is 2.80. The lowest BCUT2D eigenvalue weighted by Gasteiger charge is -2.20. The van der Waals surface area contributed by atoms with Crippen molar-refractivity contribution < 1.29 is 0 Å². The lowest BCUT2D eigenvalue weighted by atomic mass is 10.1. The van der Waals surface area contributed by atoms with Gasteiger partial charge in [-0.05, 0) is 44.4 Å². The van der Waals surface area contributed by atoms with Crippen LogP contribution in [0.5, 0.6) is 0 Å². The van der Waals surface area contributed by atoms with Crippen molar-refractivity contribution in [2.45, 2.75) is 59.0 Å². The summed E-state index contributed by atoms with van der Waals surface area (Å²) >= 11 is 1.83. The second-order valence-corrected chi connectivity index (χ2v) is 7.87. The Balaban J connectivity index is 2.17. The highest BCUT2D eigenvalue weighted by atomic mass is 32.1. The van der Waals surface area contributed by atoms with E-state index < -0.39 is 0 Å². The van der Waals surface area contributed by atoms with Crippen LogP contribution in [0.15, 0.2) is 24.5 Å². The number of aromatic nitrogens is 2. The summed E-state index contributed by atoms with van der Waals surface area (Å²) < 4.78 is 0. The molecule has 0 aliphatic heterocycles. The first-order valence-corrected chi connectivity index (χ1v) is 8.29. The van der Waals surface area contributed by atoms with E-state index in [0.717, 1.165) is 13.0 Å². The number of pyridine rings is 1.